The number of amides is 2. The Morgan fingerprint density at radius 2 is 1.38 bits per heavy atom. The van der Waals surface area contributed by atoms with Crippen LogP contribution in [-0.2, 0) is 4.74 Å². The van der Waals surface area contributed by atoms with Crippen molar-refractivity contribution in [1.82, 2.24) is 0 Å². The average Bonchev–Trinajstić information content (AvgIpc) is 2.82. The second kappa shape index (κ2) is 8.70. The van der Waals surface area contributed by atoms with Crippen molar-refractivity contribution in [2.75, 3.05) is 11.5 Å². The van der Waals surface area contributed by atoms with E-state index in [4.69, 9.17) is 4.74 Å². The molecule has 1 heterocycles. The van der Waals surface area contributed by atoms with Gasteiger partial charge in [0.1, 0.15) is 5.39 Å². The topological polar surface area (TPSA) is 150 Å². The zero-order valence-corrected chi connectivity index (χ0v) is 17.8. The summed E-state index contributed by atoms with van der Waals surface area (Å²) in [7, 11) is 0. The number of nitro benzene ring substituents is 2. The first-order valence-corrected chi connectivity index (χ1v) is 10.3. The molecule has 0 aliphatic carbocycles. The third-order valence-electron chi connectivity index (χ3n) is 5.47. The molecular formula is C23H17N3O8. The summed E-state index contributed by atoms with van der Waals surface area (Å²) in [4.78, 5) is 60.9. The molecule has 0 fully saturated rings. The van der Waals surface area contributed by atoms with E-state index in [2.05, 4.69) is 0 Å². The molecule has 11 nitrogen and oxygen atoms in total. The minimum atomic E-state index is -0.796. The Morgan fingerprint density at radius 3 is 1.85 bits per heavy atom. The molecule has 0 aromatic heterocycles. The largest absolute Gasteiger partial charge is 0.462 e. The number of esters is 1. The van der Waals surface area contributed by atoms with Crippen LogP contribution in [0.25, 0.3) is 10.8 Å². The van der Waals surface area contributed by atoms with Crippen molar-refractivity contribution >= 4 is 45.6 Å². The molecule has 1 aliphatic heterocycles. The summed E-state index contributed by atoms with van der Waals surface area (Å²) in [5.41, 5.74) is -0.912. The van der Waals surface area contributed by atoms with Crippen LogP contribution in [0.4, 0.5) is 17.1 Å². The number of hydrogen-bond acceptors (Lipinski definition) is 8. The number of hydrogen-bond donors (Lipinski definition) is 0. The quantitative estimate of drug-likeness (QED) is 0.164. The summed E-state index contributed by atoms with van der Waals surface area (Å²) in [6.45, 7) is 2.24. The van der Waals surface area contributed by atoms with Crippen LogP contribution in [-0.4, -0.2) is 34.2 Å². The van der Waals surface area contributed by atoms with Crippen molar-refractivity contribution in [3.63, 3.8) is 0 Å². The normalized spacial score (nSPS) is 12.7. The SMILES string of the molecule is CCCCOC(=O)c1ccc(N2C(=O)c3ccc([N+](=O)[O-])c4c([N+](=O)[O-])ccc(c34)C2=O)cc1. The highest BCUT2D eigenvalue weighted by Crippen LogP contribution is 2.41. The molecule has 1 aliphatic rings. The number of imide groups is 1. The molecule has 0 N–H and O–H groups in total. The molecule has 0 radical (unpaired) electrons. The monoisotopic (exact) mass is 463 g/mol. The molecule has 3 aromatic carbocycles. The third kappa shape index (κ3) is 3.62. The fourth-order valence-electron chi connectivity index (χ4n) is 3.83. The van der Waals surface area contributed by atoms with E-state index in [9.17, 15) is 34.6 Å². The number of anilines is 1. The zero-order chi connectivity index (χ0) is 24.6. The first-order chi connectivity index (χ1) is 16.3. The first-order valence-electron chi connectivity index (χ1n) is 10.3. The van der Waals surface area contributed by atoms with E-state index >= 15 is 0 Å². The molecular weight excluding hydrogens is 446 g/mol. The molecule has 0 saturated carbocycles. The maximum atomic E-state index is 13.2. The Bertz CT molecular complexity index is 1310. The average molecular weight is 463 g/mol. The minimum Gasteiger partial charge on any atom is -0.462 e. The molecule has 2 amide bonds. The predicted molar refractivity (Wildman–Crippen MR) is 120 cm³/mol. The summed E-state index contributed by atoms with van der Waals surface area (Å²) < 4.78 is 5.15. The van der Waals surface area contributed by atoms with Gasteiger partial charge in [0, 0.05) is 28.6 Å². The van der Waals surface area contributed by atoms with Crippen molar-refractivity contribution in [1.29, 1.82) is 0 Å². The molecule has 4 rings (SSSR count). The highest BCUT2D eigenvalue weighted by molar-refractivity contribution is 6.37. The molecule has 3 aromatic rings. The van der Waals surface area contributed by atoms with Gasteiger partial charge in [0.15, 0.2) is 0 Å². The van der Waals surface area contributed by atoms with Gasteiger partial charge in [-0.3, -0.25) is 29.8 Å². The van der Waals surface area contributed by atoms with E-state index in [1.807, 2.05) is 6.92 Å². The summed E-state index contributed by atoms with van der Waals surface area (Å²) in [6.07, 6.45) is 1.59. The number of nitrogens with zero attached hydrogens (tertiary/aromatic N) is 3. The Morgan fingerprint density at radius 1 is 0.853 bits per heavy atom. The van der Waals surface area contributed by atoms with Crippen molar-refractivity contribution in [2.45, 2.75) is 19.8 Å². The van der Waals surface area contributed by atoms with Gasteiger partial charge in [0.05, 0.1) is 27.7 Å². The summed E-state index contributed by atoms with van der Waals surface area (Å²) in [5, 5.41) is 22.5. The summed E-state index contributed by atoms with van der Waals surface area (Å²) in [6, 6.07) is 10.0. The van der Waals surface area contributed by atoms with Crippen LogP contribution in [0.1, 0.15) is 50.8 Å². The van der Waals surface area contributed by atoms with Gasteiger partial charge in [-0.15, -0.1) is 0 Å². The molecule has 0 unspecified atom stereocenters. The lowest BCUT2D eigenvalue weighted by Crippen LogP contribution is -2.40. The van der Waals surface area contributed by atoms with Crippen molar-refractivity contribution in [3.05, 3.63) is 85.4 Å². The fourth-order valence-corrected chi connectivity index (χ4v) is 3.83. The molecule has 0 atom stereocenters. The molecule has 0 spiro atoms. The second-order valence-corrected chi connectivity index (χ2v) is 7.51. The van der Waals surface area contributed by atoms with Crippen molar-refractivity contribution < 1.29 is 29.0 Å². The molecule has 0 saturated heterocycles. The Kier molecular flexibility index (Phi) is 5.76. The van der Waals surface area contributed by atoms with Gasteiger partial charge in [0.2, 0.25) is 0 Å². The number of rotatable bonds is 7. The maximum Gasteiger partial charge on any atom is 0.338 e. The van der Waals surface area contributed by atoms with Gasteiger partial charge in [-0.05, 0) is 42.8 Å². The van der Waals surface area contributed by atoms with Gasteiger partial charge in [-0.2, -0.15) is 0 Å². The number of non-ortho nitro benzene ring substituents is 2. The van der Waals surface area contributed by atoms with Crippen LogP contribution in [0.15, 0.2) is 48.5 Å². The van der Waals surface area contributed by atoms with Gasteiger partial charge in [0.25, 0.3) is 23.2 Å². The van der Waals surface area contributed by atoms with Crippen LogP contribution in [0.3, 0.4) is 0 Å². The number of benzene rings is 3. The molecule has 0 bridgehead atoms. The van der Waals surface area contributed by atoms with E-state index in [1.165, 1.54) is 36.4 Å². The van der Waals surface area contributed by atoms with E-state index in [0.29, 0.717) is 0 Å². The van der Waals surface area contributed by atoms with E-state index in [1.54, 1.807) is 0 Å². The fraction of sp³-hybridized carbons (Fsp3) is 0.174. The Balaban J connectivity index is 1.78. The van der Waals surface area contributed by atoms with Gasteiger partial charge < -0.3 is 4.74 Å². The van der Waals surface area contributed by atoms with Crippen molar-refractivity contribution in [2.24, 2.45) is 0 Å². The summed E-state index contributed by atoms with van der Waals surface area (Å²) in [5.74, 6) is -2.13. The number of unbranched alkanes of at least 4 members (excludes halogenated alkanes) is 1. The molecule has 172 valence electrons. The summed E-state index contributed by atoms with van der Waals surface area (Å²) >= 11 is 0. The molecule has 34 heavy (non-hydrogen) atoms. The maximum absolute atomic E-state index is 13.2. The third-order valence-corrected chi connectivity index (χ3v) is 5.47. The lowest BCUT2D eigenvalue weighted by molar-refractivity contribution is -0.390. The number of ether oxygens (including phenoxy) is 1. The van der Waals surface area contributed by atoms with Crippen molar-refractivity contribution in [3.8, 4) is 0 Å². The van der Waals surface area contributed by atoms with E-state index in [0.717, 1.165) is 29.9 Å². The van der Waals surface area contributed by atoms with Crippen LogP contribution in [0.5, 0.6) is 0 Å². The second-order valence-electron chi connectivity index (χ2n) is 7.51. The van der Waals surface area contributed by atoms with E-state index in [-0.39, 0.29) is 39.8 Å². The van der Waals surface area contributed by atoms with E-state index < -0.39 is 39.0 Å². The lowest BCUT2D eigenvalue weighted by atomic mass is 9.91. The smallest absolute Gasteiger partial charge is 0.338 e. The number of carbonyl (C=O) groups is 3. The highest BCUT2D eigenvalue weighted by Gasteiger charge is 2.38. The van der Waals surface area contributed by atoms with Crippen LogP contribution in [0, 0.1) is 20.2 Å². The van der Waals surface area contributed by atoms with Crippen LogP contribution < -0.4 is 4.90 Å². The van der Waals surface area contributed by atoms with Gasteiger partial charge in [-0.25, -0.2) is 9.69 Å². The van der Waals surface area contributed by atoms with Gasteiger partial charge in [-0.1, -0.05) is 13.3 Å². The number of carbonyl (C=O) groups excluding carboxylic acids is 3. The van der Waals surface area contributed by atoms with Crippen LogP contribution in [0.2, 0.25) is 0 Å². The van der Waals surface area contributed by atoms with Gasteiger partial charge >= 0.3 is 5.97 Å². The lowest BCUT2D eigenvalue weighted by Gasteiger charge is -2.27. The highest BCUT2D eigenvalue weighted by atomic mass is 16.6. The number of nitro groups is 2. The first kappa shape index (κ1) is 22.5. The zero-order valence-electron chi connectivity index (χ0n) is 17.8. The van der Waals surface area contributed by atoms with Crippen LogP contribution >= 0.6 is 0 Å². The predicted octanol–water partition coefficient (Wildman–Crippen LogP) is 4.41. The molecule has 11 heteroatoms. The standard InChI is InChI=1S/C23H17N3O8/c1-2-3-12-34-23(29)13-4-6-14(7-5-13)24-21(27)15-8-10-17(25(30)31)20-18(26(32)33)11-9-16(19(15)20)22(24)28/h4-11H,2-3,12H2,1H3. The Hall–Kier alpha value is -4.67. The Labute approximate surface area is 191 Å². The minimum absolute atomic E-state index is 0.0815.